The second kappa shape index (κ2) is 28.6. The van der Waals surface area contributed by atoms with Crippen LogP contribution in [0.3, 0.4) is 0 Å². The summed E-state index contributed by atoms with van der Waals surface area (Å²) in [5, 5.41) is 15.5. The van der Waals surface area contributed by atoms with E-state index in [0.717, 1.165) is 74.0 Å². The van der Waals surface area contributed by atoms with Gasteiger partial charge >= 0.3 is 0 Å². The highest BCUT2D eigenvalue weighted by Gasteiger charge is 2.44. The second-order valence-electron chi connectivity index (χ2n) is 21.8. The summed E-state index contributed by atoms with van der Waals surface area (Å²) in [7, 11) is -5.28. The molecule has 0 spiro atoms. The third-order valence-corrected chi connectivity index (χ3v) is 29.0. The molecule has 1 aliphatic heterocycles. The maximum Gasteiger partial charge on any atom is 0.179 e. The molecule has 0 aromatic heterocycles. The van der Waals surface area contributed by atoms with Gasteiger partial charge in [-0.1, -0.05) is 280 Å². The van der Waals surface area contributed by atoms with Crippen molar-refractivity contribution >= 4 is 190 Å². The van der Waals surface area contributed by atoms with Crippen molar-refractivity contribution in [3.8, 4) is 0 Å². The molecule has 0 saturated heterocycles. The van der Waals surface area contributed by atoms with Gasteiger partial charge in [-0.25, -0.2) is 0 Å². The van der Waals surface area contributed by atoms with Gasteiger partial charge in [-0.2, -0.15) is 0 Å². The van der Waals surface area contributed by atoms with E-state index in [1.807, 2.05) is 49.4 Å². The van der Waals surface area contributed by atoms with Gasteiger partial charge in [-0.05, 0) is 195 Å². The fraction of sp³-hybridized carbons (Fsp3) is 0.0127. The van der Waals surface area contributed by atoms with Crippen LogP contribution in [0.1, 0.15) is 5.56 Å². The van der Waals surface area contributed by atoms with Crippen molar-refractivity contribution in [2.24, 2.45) is 0 Å². The smallest absolute Gasteiger partial charge is 0.179 e. The normalized spacial score (nSPS) is 12.2. The number of anilines is 8. The number of halogens is 6. The highest BCUT2D eigenvalue weighted by Crippen LogP contribution is 2.48. The topological polar surface area (TPSA) is 18.5 Å². The molecule has 14 rings (SSSR count). The molecule has 0 atom stereocenters. The molecule has 90 heavy (non-hydrogen) atoms. The minimum absolute atomic E-state index is 0.654. The molecule has 0 unspecified atom stereocenters. The van der Waals surface area contributed by atoms with Crippen molar-refractivity contribution in [3.63, 3.8) is 0 Å². The lowest BCUT2D eigenvalue weighted by Gasteiger charge is -2.38. The van der Waals surface area contributed by atoms with Crippen molar-refractivity contribution in [1.29, 1.82) is 0 Å². The first-order valence-corrected chi connectivity index (χ1v) is 37.4. The molecule has 6 bridgehead atoms. The Morgan fingerprint density at radius 3 is 1.09 bits per heavy atom. The summed E-state index contributed by atoms with van der Waals surface area (Å²) in [6.07, 6.45) is 0. The van der Waals surface area contributed by atoms with Gasteiger partial charge in [-0.3, -0.25) is 0 Å². The van der Waals surface area contributed by atoms with Crippen LogP contribution in [-0.2, 0) is 0 Å². The fourth-order valence-corrected chi connectivity index (χ4v) is 24.6. The van der Waals surface area contributed by atoms with Crippen LogP contribution in [0.5, 0.6) is 0 Å². The van der Waals surface area contributed by atoms with Gasteiger partial charge in [0, 0.05) is 51.9 Å². The Balaban J connectivity index is 0.000000152. The average molecular weight is 1500 g/mol. The van der Waals surface area contributed by atoms with E-state index in [0.29, 0.717) is 5.02 Å². The molecule has 0 saturated carbocycles. The van der Waals surface area contributed by atoms with Gasteiger partial charge in [0.1, 0.15) is 0 Å². The Labute approximate surface area is 573 Å². The number of fused-ring (bicyclic) bond motifs is 6. The largest absolute Gasteiger partial charge is 0.355 e. The van der Waals surface area contributed by atoms with Gasteiger partial charge in [-0.15, -0.1) is 0 Å². The first-order valence-electron chi connectivity index (χ1n) is 29.4. The summed E-state index contributed by atoms with van der Waals surface area (Å²) in [4.78, 5) is 4.63. The van der Waals surface area contributed by atoms with Gasteiger partial charge in [0.2, 0.25) is 0 Å². The molecule has 0 aliphatic carbocycles. The standard InChI is InChI=1S/C42H30BrClN2Si.C24H18Br2Si.C13H11BrClN/c43-42-40-27-31(44)28-41(42)46(33-17-7-2-8-18-33)35-20-14-26-39(30-35)47(36-21-9-3-10-22-36,37-23-11-4-12-24-37)38-25-13-19-34(29-38)45(40)32-15-5-1-6-16-32;25-19-9-7-15-23(17-19)27(21-11-3-1-4-12-21,22-13-5-2-6-14-22)24-16-8-10-20(26)18-24;1-9-7-10(15)8-12(13(9)14)16-11-5-3-2-4-6-11/h1-30H;1-18H;2-8,16H,1H3. The first-order chi connectivity index (χ1) is 44.0. The quantitative estimate of drug-likeness (QED) is 0.109. The highest BCUT2D eigenvalue weighted by molar-refractivity contribution is 9.11. The lowest BCUT2D eigenvalue weighted by atomic mass is 10.1. The zero-order valence-corrected chi connectivity index (χ0v) is 58.8. The molecular weight excluding hydrogens is 1440 g/mol. The Morgan fingerprint density at radius 1 is 0.322 bits per heavy atom. The van der Waals surface area contributed by atoms with Crippen molar-refractivity contribution in [3.05, 3.63) is 367 Å². The molecule has 1 aliphatic rings. The van der Waals surface area contributed by atoms with E-state index < -0.39 is 16.1 Å². The Kier molecular flexibility index (Phi) is 19.8. The van der Waals surface area contributed by atoms with E-state index in [4.69, 9.17) is 23.2 Å². The number of aryl methyl sites for hydroxylation is 1. The van der Waals surface area contributed by atoms with Crippen LogP contribution in [0.4, 0.5) is 45.5 Å². The van der Waals surface area contributed by atoms with Crippen LogP contribution in [0.25, 0.3) is 0 Å². The van der Waals surface area contributed by atoms with E-state index >= 15 is 0 Å². The van der Waals surface area contributed by atoms with Crippen molar-refractivity contribution in [1.82, 2.24) is 0 Å². The SMILES string of the molecule is Brc1cccc([Si](c2ccccc2)(c2ccccc2)c2cccc(Br)c2)c1.Cc1cc(Cl)cc(Nc2ccccc2)c1Br.Clc1cc2c(Br)c(c1)N(c1ccccc1)c1cccc(c1)[Si](c1ccccc1)(c1ccccc1)c1cccc(c1)N2c1ccccc1. The van der Waals surface area contributed by atoms with Crippen molar-refractivity contribution in [2.45, 2.75) is 6.92 Å². The molecule has 0 radical (unpaired) electrons. The van der Waals surface area contributed by atoms with Crippen LogP contribution in [-0.4, -0.2) is 16.1 Å². The lowest BCUT2D eigenvalue weighted by Crippen LogP contribution is -2.74. The average Bonchev–Trinajstić information content (AvgIpc) is 0.740. The molecule has 1 heterocycles. The molecule has 440 valence electrons. The van der Waals surface area contributed by atoms with Crippen molar-refractivity contribution in [2.75, 3.05) is 15.1 Å². The molecule has 13 aromatic carbocycles. The van der Waals surface area contributed by atoms with Crippen LogP contribution >= 0.6 is 86.9 Å². The summed E-state index contributed by atoms with van der Waals surface area (Å²) in [6.45, 7) is 2.02. The van der Waals surface area contributed by atoms with Gasteiger partial charge in [0.05, 0.1) is 21.5 Å². The molecule has 13 aromatic rings. The number of nitrogens with one attached hydrogen (secondary N) is 1. The molecule has 0 amide bonds. The Hall–Kier alpha value is -7.81. The van der Waals surface area contributed by atoms with Crippen molar-refractivity contribution < 1.29 is 0 Å². The molecule has 3 nitrogen and oxygen atoms in total. The summed E-state index contributed by atoms with van der Waals surface area (Å²) in [6, 6.07) is 119. The summed E-state index contributed by atoms with van der Waals surface area (Å²) < 4.78 is 4.21. The highest BCUT2D eigenvalue weighted by atomic mass is 79.9. The van der Waals surface area contributed by atoms with E-state index in [9.17, 15) is 0 Å². The van der Waals surface area contributed by atoms with E-state index in [1.54, 1.807) is 0 Å². The second-order valence-corrected chi connectivity index (χ2v) is 33.7. The fourth-order valence-electron chi connectivity index (χ4n) is 12.3. The van der Waals surface area contributed by atoms with Gasteiger partial charge in [0.15, 0.2) is 16.1 Å². The van der Waals surface area contributed by atoms with E-state index in [1.165, 1.54) is 41.5 Å². The summed E-state index contributed by atoms with van der Waals surface area (Å²) >= 11 is 28.1. The maximum atomic E-state index is 7.04. The number of nitrogens with zero attached hydrogens (tertiary/aromatic N) is 2. The molecule has 0 fully saturated rings. The lowest BCUT2D eigenvalue weighted by molar-refractivity contribution is 1.23. The Bertz CT molecular complexity index is 4320. The van der Waals surface area contributed by atoms with Crippen LogP contribution in [0.15, 0.2) is 352 Å². The van der Waals surface area contributed by atoms with Gasteiger partial charge in [0.25, 0.3) is 0 Å². The van der Waals surface area contributed by atoms with Crippen LogP contribution in [0.2, 0.25) is 10.0 Å². The van der Waals surface area contributed by atoms with Crippen LogP contribution < -0.4 is 56.6 Å². The first kappa shape index (κ1) is 62.4. The van der Waals surface area contributed by atoms with Gasteiger partial charge < -0.3 is 15.1 Å². The monoisotopic (exact) mass is 1490 g/mol. The predicted molar refractivity (Wildman–Crippen MR) is 405 cm³/mol. The summed E-state index contributed by atoms with van der Waals surface area (Å²) in [5.41, 5.74) is 9.29. The van der Waals surface area contributed by atoms with E-state index in [-0.39, 0.29) is 0 Å². The zero-order chi connectivity index (χ0) is 62.0. The molecule has 11 heteroatoms. The number of hydrogen-bond acceptors (Lipinski definition) is 3. The third kappa shape index (κ3) is 13.1. The number of hydrogen-bond donors (Lipinski definition) is 1. The number of rotatable bonds is 10. The summed E-state index contributed by atoms with van der Waals surface area (Å²) in [5.74, 6) is 0. The number of benzene rings is 13. The number of para-hydroxylation sites is 3. The maximum absolute atomic E-state index is 7.04. The zero-order valence-electron chi connectivity index (χ0n) is 48.9. The molecular formula is C79H59Br4Cl2N3Si2. The minimum atomic E-state index is -2.85. The van der Waals surface area contributed by atoms with Crippen LogP contribution in [0, 0.1) is 6.92 Å². The predicted octanol–water partition coefficient (Wildman–Crippen LogP) is 19.5. The Morgan fingerprint density at radius 2 is 0.667 bits per heavy atom. The third-order valence-electron chi connectivity index (χ3n) is 16.2. The minimum Gasteiger partial charge on any atom is -0.355 e. The van der Waals surface area contributed by atoms with E-state index in [2.05, 4.69) is 370 Å². The molecule has 1 N–H and O–H groups in total.